The molecule has 1 unspecified atom stereocenters. The molecular formula is C23H24N4. The van der Waals surface area contributed by atoms with Crippen LogP contribution in [0.3, 0.4) is 0 Å². The first-order chi connectivity index (χ1) is 13.1. The number of para-hydroxylation sites is 1. The predicted octanol–water partition coefficient (Wildman–Crippen LogP) is 5.00. The number of aromatic nitrogens is 4. The second-order valence-corrected chi connectivity index (χ2v) is 7.77. The van der Waals surface area contributed by atoms with E-state index >= 15 is 0 Å². The van der Waals surface area contributed by atoms with Crippen molar-refractivity contribution in [3.8, 4) is 5.69 Å². The van der Waals surface area contributed by atoms with Gasteiger partial charge in [0.15, 0.2) is 0 Å². The van der Waals surface area contributed by atoms with Crippen LogP contribution < -0.4 is 0 Å². The fourth-order valence-electron chi connectivity index (χ4n) is 3.65. The molecule has 27 heavy (non-hydrogen) atoms. The van der Waals surface area contributed by atoms with E-state index in [9.17, 15) is 0 Å². The van der Waals surface area contributed by atoms with Gasteiger partial charge in [-0.3, -0.25) is 0 Å². The summed E-state index contributed by atoms with van der Waals surface area (Å²) in [6.07, 6.45) is 7.73. The highest BCUT2D eigenvalue weighted by molar-refractivity contribution is 5.42. The van der Waals surface area contributed by atoms with Crippen molar-refractivity contribution < 1.29 is 0 Å². The molecule has 0 bridgehead atoms. The monoisotopic (exact) mass is 356 g/mol. The first kappa shape index (κ1) is 17.3. The van der Waals surface area contributed by atoms with Gasteiger partial charge in [-0.25, -0.2) is 9.67 Å². The van der Waals surface area contributed by atoms with Crippen LogP contribution in [0.15, 0.2) is 85.6 Å². The topological polar surface area (TPSA) is 35.6 Å². The van der Waals surface area contributed by atoms with Crippen LogP contribution in [-0.2, 0) is 5.41 Å². The van der Waals surface area contributed by atoms with Crippen molar-refractivity contribution >= 4 is 0 Å². The van der Waals surface area contributed by atoms with Crippen LogP contribution in [0, 0.1) is 0 Å². The van der Waals surface area contributed by atoms with Crippen molar-refractivity contribution in [2.24, 2.45) is 0 Å². The largest absolute Gasteiger partial charge is 0.326 e. The molecule has 0 amide bonds. The molecule has 4 nitrogen and oxygen atoms in total. The van der Waals surface area contributed by atoms with E-state index in [4.69, 9.17) is 5.10 Å². The summed E-state index contributed by atoms with van der Waals surface area (Å²) in [7, 11) is 0. The Morgan fingerprint density at radius 2 is 1.56 bits per heavy atom. The first-order valence-electron chi connectivity index (χ1n) is 9.22. The minimum Gasteiger partial charge on any atom is -0.326 e. The maximum Gasteiger partial charge on any atom is 0.0954 e. The molecule has 4 aromatic rings. The summed E-state index contributed by atoms with van der Waals surface area (Å²) < 4.78 is 4.22. The smallest absolute Gasteiger partial charge is 0.0954 e. The van der Waals surface area contributed by atoms with Crippen LogP contribution in [-0.4, -0.2) is 19.3 Å². The van der Waals surface area contributed by atoms with Gasteiger partial charge in [0.05, 0.1) is 29.9 Å². The minimum absolute atomic E-state index is 0.0281. The van der Waals surface area contributed by atoms with Gasteiger partial charge in [0.1, 0.15) is 0 Å². The Morgan fingerprint density at radius 3 is 2.15 bits per heavy atom. The summed E-state index contributed by atoms with van der Waals surface area (Å²) in [6, 6.07) is 20.9. The summed E-state index contributed by atoms with van der Waals surface area (Å²) >= 11 is 0. The number of hydrogen-bond acceptors (Lipinski definition) is 2. The summed E-state index contributed by atoms with van der Waals surface area (Å²) in [4.78, 5) is 4.29. The zero-order valence-corrected chi connectivity index (χ0v) is 15.9. The molecule has 0 saturated carbocycles. The second-order valence-electron chi connectivity index (χ2n) is 7.77. The van der Waals surface area contributed by atoms with Crippen molar-refractivity contribution in [1.82, 2.24) is 19.3 Å². The fraction of sp³-hybridized carbons (Fsp3) is 0.217. The molecule has 2 aromatic carbocycles. The minimum atomic E-state index is -0.0741. The Bertz CT molecular complexity index is 994. The van der Waals surface area contributed by atoms with Crippen molar-refractivity contribution in [1.29, 1.82) is 0 Å². The average molecular weight is 356 g/mol. The molecule has 0 saturated heterocycles. The highest BCUT2D eigenvalue weighted by Gasteiger charge is 2.30. The van der Waals surface area contributed by atoms with Crippen molar-refractivity contribution in [3.05, 3.63) is 102 Å². The normalized spacial score (nSPS) is 12.9. The van der Waals surface area contributed by atoms with Gasteiger partial charge in [-0.1, -0.05) is 69.3 Å². The van der Waals surface area contributed by atoms with Crippen molar-refractivity contribution in [2.45, 2.75) is 32.2 Å². The summed E-state index contributed by atoms with van der Waals surface area (Å²) in [5.74, 6) is 0. The Kier molecular flexibility index (Phi) is 4.40. The molecule has 0 aliphatic carbocycles. The standard InChI is InChI=1S/C23H24N4/c1-23(2,3)22-20(16-25-27(22)19-12-8-5-9-13-19)21(26-15-14-24-17-26)18-10-6-4-7-11-18/h4-17,21H,1-3H3. The van der Waals surface area contributed by atoms with Crippen LogP contribution in [0.25, 0.3) is 5.69 Å². The number of nitrogens with zero attached hydrogens (tertiary/aromatic N) is 4. The van der Waals surface area contributed by atoms with E-state index in [2.05, 4.69) is 71.4 Å². The van der Waals surface area contributed by atoms with E-state index in [1.807, 2.05) is 49.2 Å². The van der Waals surface area contributed by atoms with E-state index < -0.39 is 0 Å². The molecule has 0 fully saturated rings. The molecule has 0 N–H and O–H groups in total. The molecule has 0 radical (unpaired) electrons. The van der Waals surface area contributed by atoms with Gasteiger partial charge < -0.3 is 4.57 Å². The van der Waals surface area contributed by atoms with Gasteiger partial charge in [-0.15, -0.1) is 0 Å². The van der Waals surface area contributed by atoms with Gasteiger partial charge in [0.2, 0.25) is 0 Å². The lowest BCUT2D eigenvalue weighted by molar-refractivity contribution is 0.527. The van der Waals surface area contributed by atoms with Gasteiger partial charge in [0, 0.05) is 23.4 Å². The van der Waals surface area contributed by atoms with Gasteiger partial charge in [-0.05, 0) is 17.7 Å². The highest BCUT2D eigenvalue weighted by Crippen LogP contribution is 2.36. The lowest BCUT2D eigenvalue weighted by Crippen LogP contribution is -2.22. The SMILES string of the molecule is CC(C)(C)c1c(C(c2ccccc2)n2ccnc2)cnn1-c1ccccc1. The average Bonchev–Trinajstić information content (AvgIpc) is 3.34. The van der Waals surface area contributed by atoms with Crippen molar-refractivity contribution in [3.63, 3.8) is 0 Å². The van der Waals surface area contributed by atoms with Crippen LogP contribution in [0.1, 0.15) is 43.6 Å². The molecule has 4 rings (SSSR count). The molecule has 0 spiro atoms. The third-order valence-corrected chi connectivity index (χ3v) is 4.74. The van der Waals surface area contributed by atoms with E-state index in [0.29, 0.717) is 0 Å². The molecule has 136 valence electrons. The van der Waals surface area contributed by atoms with E-state index in [0.717, 1.165) is 5.69 Å². The lowest BCUT2D eigenvalue weighted by atomic mass is 9.85. The highest BCUT2D eigenvalue weighted by atomic mass is 15.3. The third kappa shape index (κ3) is 3.31. The fourth-order valence-corrected chi connectivity index (χ4v) is 3.65. The van der Waals surface area contributed by atoms with E-state index in [1.165, 1.54) is 16.8 Å². The van der Waals surface area contributed by atoms with Crippen LogP contribution in [0.2, 0.25) is 0 Å². The molecule has 0 aliphatic heterocycles. The lowest BCUT2D eigenvalue weighted by Gasteiger charge is -2.27. The summed E-state index contributed by atoms with van der Waals surface area (Å²) in [5.41, 5.74) is 4.61. The molecule has 4 heteroatoms. The zero-order valence-electron chi connectivity index (χ0n) is 15.9. The molecular weight excluding hydrogens is 332 g/mol. The number of benzene rings is 2. The van der Waals surface area contributed by atoms with Crippen molar-refractivity contribution in [2.75, 3.05) is 0 Å². The van der Waals surface area contributed by atoms with E-state index in [-0.39, 0.29) is 11.5 Å². The van der Waals surface area contributed by atoms with Crippen LogP contribution >= 0.6 is 0 Å². The van der Waals surface area contributed by atoms with Gasteiger partial charge in [-0.2, -0.15) is 5.10 Å². The first-order valence-corrected chi connectivity index (χ1v) is 9.22. The Hall–Kier alpha value is -3.14. The number of rotatable bonds is 4. The van der Waals surface area contributed by atoms with Gasteiger partial charge >= 0.3 is 0 Å². The predicted molar refractivity (Wildman–Crippen MR) is 108 cm³/mol. The second kappa shape index (κ2) is 6.88. The Morgan fingerprint density at radius 1 is 0.889 bits per heavy atom. The van der Waals surface area contributed by atoms with Crippen LogP contribution in [0.5, 0.6) is 0 Å². The van der Waals surface area contributed by atoms with Crippen LogP contribution in [0.4, 0.5) is 0 Å². The Balaban J connectivity index is 1.95. The maximum atomic E-state index is 4.79. The maximum absolute atomic E-state index is 4.79. The molecule has 2 heterocycles. The quantitative estimate of drug-likeness (QED) is 0.515. The molecule has 1 atom stereocenters. The summed E-state index contributed by atoms with van der Waals surface area (Å²) in [5, 5.41) is 4.79. The van der Waals surface area contributed by atoms with Gasteiger partial charge in [0.25, 0.3) is 0 Å². The number of hydrogen-bond donors (Lipinski definition) is 0. The number of imidazole rings is 1. The molecule has 2 aromatic heterocycles. The van der Waals surface area contributed by atoms with E-state index in [1.54, 1.807) is 0 Å². The zero-order chi connectivity index (χ0) is 18.9. The third-order valence-electron chi connectivity index (χ3n) is 4.74. The summed E-state index contributed by atoms with van der Waals surface area (Å²) in [6.45, 7) is 6.72. The molecule has 0 aliphatic rings. The Labute approximate surface area is 160 Å².